The molecule has 6 nitrogen and oxygen atoms in total. The molecule has 1 aromatic heterocycles. The van der Waals surface area contributed by atoms with Gasteiger partial charge in [0.25, 0.3) is 0 Å². The summed E-state index contributed by atoms with van der Waals surface area (Å²) in [4.78, 5) is 27.1. The fourth-order valence-electron chi connectivity index (χ4n) is 2.96. The molecule has 0 radical (unpaired) electrons. The number of benzene rings is 1. The summed E-state index contributed by atoms with van der Waals surface area (Å²) in [6.45, 7) is 1.07. The lowest BCUT2D eigenvalue weighted by molar-refractivity contribution is -0.484. The number of hydrogen-bond acceptors (Lipinski definition) is 5. The molecule has 0 saturated heterocycles. The standard InChI is InChI=1S/C19H19F3N2O4/c1-2-28-18(25)16(11-15-10-14(8-9-23-15)19(20,21)22)17(12-24(26)27)13-6-4-3-5-7-13/h3-10,16-17H,2,11-12H2,1H3. The minimum atomic E-state index is -4.56. The molecule has 9 heteroatoms. The SMILES string of the molecule is CCOC(=O)C(Cc1cc(C(F)(F)F)ccn1)C(C[N+](=O)[O-])c1ccccc1. The van der Waals surface area contributed by atoms with Crippen LogP contribution >= 0.6 is 0 Å². The minimum Gasteiger partial charge on any atom is -0.466 e. The number of esters is 1. The first kappa shape index (κ1) is 21.3. The summed E-state index contributed by atoms with van der Waals surface area (Å²) in [5.74, 6) is -2.63. The number of aromatic nitrogens is 1. The maximum Gasteiger partial charge on any atom is 0.416 e. The maximum atomic E-state index is 13.0. The van der Waals surface area contributed by atoms with E-state index in [0.29, 0.717) is 5.56 Å². The first-order valence-corrected chi connectivity index (χ1v) is 8.57. The average molecular weight is 396 g/mol. The second-order valence-corrected chi connectivity index (χ2v) is 6.13. The Bertz CT molecular complexity index is 812. The van der Waals surface area contributed by atoms with Crippen LogP contribution in [0.5, 0.6) is 0 Å². The summed E-state index contributed by atoms with van der Waals surface area (Å²) in [6, 6.07) is 10.0. The Morgan fingerprint density at radius 1 is 1.25 bits per heavy atom. The van der Waals surface area contributed by atoms with Gasteiger partial charge in [-0.3, -0.25) is 19.9 Å². The second kappa shape index (κ2) is 9.29. The molecule has 28 heavy (non-hydrogen) atoms. The van der Waals surface area contributed by atoms with E-state index in [0.717, 1.165) is 18.3 Å². The van der Waals surface area contributed by atoms with Crippen LogP contribution in [-0.4, -0.2) is 29.0 Å². The van der Waals surface area contributed by atoms with Gasteiger partial charge in [0, 0.05) is 23.2 Å². The van der Waals surface area contributed by atoms with Crippen molar-refractivity contribution in [3.63, 3.8) is 0 Å². The van der Waals surface area contributed by atoms with Crippen molar-refractivity contribution in [2.75, 3.05) is 13.2 Å². The fraction of sp³-hybridized carbons (Fsp3) is 0.368. The van der Waals surface area contributed by atoms with E-state index in [-0.39, 0.29) is 18.7 Å². The van der Waals surface area contributed by atoms with Gasteiger partial charge < -0.3 is 4.74 Å². The van der Waals surface area contributed by atoms with Crippen molar-refractivity contribution in [3.8, 4) is 0 Å². The molecule has 0 N–H and O–H groups in total. The van der Waals surface area contributed by atoms with E-state index in [4.69, 9.17) is 4.74 Å². The molecule has 0 spiro atoms. The maximum absolute atomic E-state index is 13.0. The Labute approximate surface area is 159 Å². The monoisotopic (exact) mass is 396 g/mol. The predicted molar refractivity (Wildman–Crippen MR) is 94.1 cm³/mol. The largest absolute Gasteiger partial charge is 0.466 e. The smallest absolute Gasteiger partial charge is 0.416 e. The Hall–Kier alpha value is -2.97. The molecule has 2 unspecified atom stereocenters. The van der Waals surface area contributed by atoms with E-state index in [9.17, 15) is 28.1 Å². The highest BCUT2D eigenvalue weighted by Gasteiger charge is 2.36. The lowest BCUT2D eigenvalue weighted by atomic mass is 9.82. The first-order valence-electron chi connectivity index (χ1n) is 8.57. The molecule has 0 aliphatic rings. The first-order chi connectivity index (χ1) is 13.2. The Kier molecular flexibility index (Phi) is 7.08. The van der Waals surface area contributed by atoms with Gasteiger partial charge in [0.2, 0.25) is 6.54 Å². The summed E-state index contributed by atoms with van der Waals surface area (Å²) < 4.78 is 44.0. The van der Waals surface area contributed by atoms with Gasteiger partial charge in [-0.15, -0.1) is 0 Å². The molecule has 1 aromatic carbocycles. The van der Waals surface area contributed by atoms with Crippen LogP contribution in [0.15, 0.2) is 48.7 Å². The van der Waals surface area contributed by atoms with E-state index >= 15 is 0 Å². The summed E-state index contributed by atoms with van der Waals surface area (Å²) >= 11 is 0. The van der Waals surface area contributed by atoms with Gasteiger partial charge in [0.05, 0.1) is 24.0 Å². The number of carbonyl (C=O) groups excluding carboxylic acids is 1. The van der Waals surface area contributed by atoms with Crippen LogP contribution in [0.3, 0.4) is 0 Å². The molecule has 2 rings (SSSR count). The number of halogens is 3. The third-order valence-corrected chi connectivity index (χ3v) is 4.22. The van der Waals surface area contributed by atoms with Crippen molar-refractivity contribution >= 4 is 5.97 Å². The zero-order valence-electron chi connectivity index (χ0n) is 15.1. The predicted octanol–water partition coefficient (Wildman–Crippen LogP) is 3.88. The topological polar surface area (TPSA) is 82.3 Å². The van der Waals surface area contributed by atoms with Crippen molar-refractivity contribution < 1.29 is 27.6 Å². The molecule has 0 bridgehead atoms. The number of pyridine rings is 1. The van der Waals surface area contributed by atoms with Crippen LogP contribution in [0.2, 0.25) is 0 Å². The van der Waals surface area contributed by atoms with Gasteiger partial charge in [0.1, 0.15) is 0 Å². The zero-order chi connectivity index (χ0) is 20.7. The van der Waals surface area contributed by atoms with Gasteiger partial charge in [-0.25, -0.2) is 0 Å². The molecule has 0 saturated carbocycles. The second-order valence-electron chi connectivity index (χ2n) is 6.13. The van der Waals surface area contributed by atoms with Crippen LogP contribution in [0, 0.1) is 16.0 Å². The molecular weight excluding hydrogens is 377 g/mol. The van der Waals surface area contributed by atoms with Crippen molar-refractivity contribution in [3.05, 3.63) is 75.6 Å². The van der Waals surface area contributed by atoms with Crippen LogP contribution < -0.4 is 0 Å². The van der Waals surface area contributed by atoms with Crippen molar-refractivity contribution in [2.24, 2.45) is 5.92 Å². The normalized spacial score (nSPS) is 13.6. The third kappa shape index (κ3) is 5.77. The summed E-state index contributed by atoms with van der Waals surface area (Å²) in [6.07, 6.45) is -3.77. The number of alkyl halides is 3. The molecule has 0 aliphatic carbocycles. The van der Waals surface area contributed by atoms with E-state index < -0.39 is 41.0 Å². The molecule has 2 atom stereocenters. The van der Waals surface area contributed by atoms with Crippen LogP contribution in [0.1, 0.15) is 29.7 Å². The molecule has 1 heterocycles. The molecule has 2 aromatic rings. The molecule has 0 aliphatic heterocycles. The summed E-state index contributed by atoms with van der Waals surface area (Å²) in [7, 11) is 0. The number of nitrogens with zero attached hydrogens (tertiary/aromatic N) is 2. The summed E-state index contributed by atoms with van der Waals surface area (Å²) in [5, 5.41) is 11.2. The highest BCUT2D eigenvalue weighted by molar-refractivity contribution is 5.74. The molecule has 0 fully saturated rings. The van der Waals surface area contributed by atoms with E-state index in [1.54, 1.807) is 37.3 Å². The average Bonchev–Trinajstić information content (AvgIpc) is 2.65. The Morgan fingerprint density at radius 3 is 2.50 bits per heavy atom. The van der Waals surface area contributed by atoms with Gasteiger partial charge in [0.15, 0.2) is 0 Å². The number of ether oxygens (including phenoxy) is 1. The van der Waals surface area contributed by atoms with Crippen LogP contribution in [-0.2, 0) is 22.1 Å². The van der Waals surface area contributed by atoms with E-state index in [1.807, 2.05) is 0 Å². The van der Waals surface area contributed by atoms with Crippen molar-refractivity contribution in [1.29, 1.82) is 0 Å². The highest BCUT2D eigenvalue weighted by atomic mass is 19.4. The molecule has 0 amide bonds. The lowest BCUT2D eigenvalue weighted by Gasteiger charge is -2.23. The van der Waals surface area contributed by atoms with Gasteiger partial charge in [-0.05, 0) is 24.6 Å². The third-order valence-electron chi connectivity index (χ3n) is 4.22. The van der Waals surface area contributed by atoms with Crippen LogP contribution in [0.4, 0.5) is 13.2 Å². The van der Waals surface area contributed by atoms with Crippen molar-refractivity contribution in [2.45, 2.75) is 25.4 Å². The van der Waals surface area contributed by atoms with Crippen molar-refractivity contribution in [1.82, 2.24) is 4.98 Å². The van der Waals surface area contributed by atoms with Crippen LogP contribution in [0.25, 0.3) is 0 Å². The Balaban J connectivity index is 2.42. The number of carbonyl (C=O) groups is 1. The molecule has 150 valence electrons. The molecular formula is C19H19F3N2O4. The zero-order valence-corrected chi connectivity index (χ0v) is 15.1. The summed E-state index contributed by atoms with van der Waals surface area (Å²) in [5.41, 5.74) is -0.355. The fourth-order valence-corrected chi connectivity index (χ4v) is 2.96. The van der Waals surface area contributed by atoms with Gasteiger partial charge >= 0.3 is 12.1 Å². The minimum absolute atomic E-state index is 0.0113. The Morgan fingerprint density at radius 2 is 1.93 bits per heavy atom. The quantitative estimate of drug-likeness (QED) is 0.384. The number of hydrogen-bond donors (Lipinski definition) is 0. The van der Waals surface area contributed by atoms with Gasteiger partial charge in [-0.2, -0.15) is 13.2 Å². The number of rotatable bonds is 8. The highest BCUT2D eigenvalue weighted by Crippen LogP contribution is 2.32. The van der Waals surface area contributed by atoms with E-state index in [2.05, 4.69) is 4.98 Å². The lowest BCUT2D eigenvalue weighted by Crippen LogP contribution is -2.31. The van der Waals surface area contributed by atoms with Gasteiger partial charge in [-0.1, -0.05) is 30.3 Å². The van der Waals surface area contributed by atoms with E-state index in [1.165, 1.54) is 0 Å². The number of nitro groups is 1.